The lowest BCUT2D eigenvalue weighted by Gasteiger charge is -2.59. The molecule has 0 amide bonds. The molecular formula is C27H29IO7. The number of carbonyl (C=O) groups is 3. The van der Waals surface area contributed by atoms with Crippen LogP contribution in [0.15, 0.2) is 40.0 Å². The normalized spacial score (nSPS) is 45.3. The Balaban J connectivity index is 1.56. The van der Waals surface area contributed by atoms with Gasteiger partial charge in [0.1, 0.15) is 12.2 Å². The molecule has 0 spiro atoms. The number of furan rings is 1. The van der Waals surface area contributed by atoms with Crippen LogP contribution in [0.4, 0.5) is 0 Å². The minimum Gasteiger partial charge on any atom is -0.469 e. The molecular weight excluding hydrogens is 563 g/mol. The maximum atomic E-state index is 13.7. The van der Waals surface area contributed by atoms with E-state index in [2.05, 4.69) is 36.4 Å². The van der Waals surface area contributed by atoms with E-state index in [1.165, 1.54) is 18.8 Å². The molecule has 2 aliphatic heterocycles. The Morgan fingerprint density at radius 1 is 1.23 bits per heavy atom. The fourth-order valence-electron chi connectivity index (χ4n) is 8.44. The number of allylic oxidation sites excluding steroid dienone is 2. The molecule has 6 rings (SSSR count). The van der Waals surface area contributed by atoms with Gasteiger partial charge in [-0.1, -0.05) is 25.5 Å². The van der Waals surface area contributed by atoms with Crippen LogP contribution in [-0.4, -0.2) is 43.1 Å². The van der Waals surface area contributed by atoms with E-state index in [1.807, 2.05) is 19.9 Å². The first-order valence-corrected chi connectivity index (χ1v) is 13.2. The Hall–Kier alpha value is -1.94. The molecule has 0 bridgehead atoms. The van der Waals surface area contributed by atoms with Crippen molar-refractivity contribution in [3.8, 4) is 0 Å². The molecule has 3 heterocycles. The third kappa shape index (κ3) is 2.73. The van der Waals surface area contributed by atoms with Gasteiger partial charge in [0, 0.05) is 22.7 Å². The number of esters is 2. The summed E-state index contributed by atoms with van der Waals surface area (Å²) >= 11 is 2.16. The van der Waals surface area contributed by atoms with Crippen LogP contribution in [0.5, 0.6) is 0 Å². The van der Waals surface area contributed by atoms with Gasteiger partial charge in [-0.25, -0.2) is 0 Å². The molecule has 9 atom stereocenters. The van der Waals surface area contributed by atoms with Crippen molar-refractivity contribution in [2.24, 2.45) is 28.1 Å². The van der Waals surface area contributed by atoms with E-state index in [1.54, 1.807) is 12.3 Å². The van der Waals surface area contributed by atoms with E-state index in [4.69, 9.17) is 18.6 Å². The van der Waals surface area contributed by atoms with Crippen LogP contribution < -0.4 is 0 Å². The van der Waals surface area contributed by atoms with E-state index in [0.29, 0.717) is 0 Å². The summed E-state index contributed by atoms with van der Waals surface area (Å²) in [6, 6.07) is 2.04. The molecule has 1 aromatic heterocycles. The van der Waals surface area contributed by atoms with Crippen LogP contribution in [0.2, 0.25) is 0 Å². The van der Waals surface area contributed by atoms with E-state index < -0.39 is 40.3 Å². The summed E-state index contributed by atoms with van der Waals surface area (Å²) in [6.45, 7) is 7.98. The van der Waals surface area contributed by atoms with Gasteiger partial charge in [0.25, 0.3) is 0 Å². The van der Waals surface area contributed by atoms with Crippen molar-refractivity contribution in [2.75, 3.05) is 7.11 Å². The predicted octanol–water partition coefficient (Wildman–Crippen LogP) is 4.35. The quantitative estimate of drug-likeness (QED) is 0.293. The van der Waals surface area contributed by atoms with Gasteiger partial charge in [-0.05, 0) is 72.1 Å². The second-order valence-electron chi connectivity index (χ2n) is 11.3. The number of carbonyl (C=O) groups excluding carboxylic acids is 3. The number of ether oxygens (including phenoxy) is 3. The van der Waals surface area contributed by atoms with Crippen molar-refractivity contribution in [2.45, 2.75) is 64.8 Å². The zero-order valence-electron chi connectivity index (χ0n) is 20.4. The topological polar surface area (TPSA) is 92.0 Å². The Kier molecular flexibility index (Phi) is 4.90. The second kappa shape index (κ2) is 7.31. The lowest BCUT2D eigenvalue weighted by atomic mass is 9.42. The molecule has 0 radical (unpaired) electrons. The van der Waals surface area contributed by atoms with Crippen molar-refractivity contribution >= 4 is 40.3 Å². The lowest BCUT2D eigenvalue weighted by Crippen LogP contribution is -2.66. The summed E-state index contributed by atoms with van der Waals surface area (Å²) in [5, 5.41) is 0. The van der Waals surface area contributed by atoms with Crippen LogP contribution in [0.1, 0.15) is 52.0 Å². The first kappa shape index (κ1) is 23.5. The van der Waals surface area contributed by atoms with Crippen molar-refractivity contribution in [1.82, 2.24) is 0 Å². The number of rotatable bonds is 3. The van der Waals surface area contributed by atoms with Crippen LogP contribution in [0.3, 0.4) is 0 Å². The average molecular weight is 592 g/mol. The van der Waals surface area contributed by atoms with E-state index in [0.717, 1.165) is 21.3 Å². The fraction of sp³-hybridized carbons (Fsp3) is 0.593. The second-order valence-corrected chi connectivity index (χ2v) is 12.4. The number of fused-ring (bicyclic) bond motifs is 4. The number of hydrogen-bond donors (Lipinski definition) is 0. The van der Waals surface area contributed by atoms with Crippen LogP contribution in [0, 0.1) is 31.8 Å². The monoisotopic (exact) mass is 592 g/mol. The summed E-state index contributed by atoms with van der Waals surface area (Å²) in [5.74, 6) is -1.48. The zero-order valence-corrected chi connectivity index (χ0v) is 22.6. The van der Waals surface area contributed by atoms with Gasteiger partial charge in [0.05, 0.1) is 31.3 Å². The summed E-state index contributed by atoms with van der Waals surface area (Å²) in [6.07, 6.45) is 4.63. The van der Waals surface area contributed by atoms with Crippen LogP contribution in [0.25, 0.3) is 0 Å². The molecule has 5 aliphatic rings. The van der Waals surface area contributed by atoms with Gasteiger partial charge in [-0.15, -0.1) is 0 Å². The largest absolute Gasteiger partial charge is 0.469 e. The first-order chi connectivity index (χ1) is 16.5. The third-order valence-corrected chi connectivity index (χ3v) is 10.5. The number of hydrogen-bond acceptors (Lipinski definition) is 7. The molecule has 7 nitrogen and oxygen atoms in total. The van der Waals surface area contributed by atoms with E-state index >= 15 is 0 Å². The van der Waals surface area contributed by atoms with Gasteiger partial charge < -0.3 is 18.6 Å². The molecule has 186 valence electrons. The molecule has 2 saturated heterocycles. The van der Waals surface area contributed by atoms with Crippen LogP contribution in [-0.2, 0) is 28.6 Å². The zero-order chi connectivity index (χ0) is 25.1. The summed E-state index contributed by atoms with van der Waals surface area (Å²) in [7, 11) is 1.37. The highest BCUT2D eigenvalue weighted by Crippen LogP contribution is 2.72. The smallest absolute Gasteiger partial charge is 0.316 e. The van der Waals surface area contributed by atoms with E-state index in [-0.39, 0.29) is 36.2 Å². The maximum Gasteiger partial charge on any atom is 0.316 e. The Morgan fingerprint density at radius 3 is 2.63 bits per heavy atom. The van der Waals surface area contributed by atoms with Gasteiger partial charge in [-0.3, -0.25) is 14.4 Å². The van der Waals surface area contributed by atoms with Crippen molar-refractivity contribution in [1.29, 1.82) is 0 Å². The third-order valence-electron chi connectivity index (χ3n) is 9.95. The molecule has 3 fully saturated rings. The standard InChI is InChI=1S/C27H29IO7/c1-12-14(13-8-18(28)33-11-13)9-15-20(12)27(4)16(10-19(30)32-5)26(3)17(29)6-7-25(2)22(26)21(23(27)34-15)35-24(25)31/h6-8,11,14-16,21-23H,9-10H2,1-5H3/t14?,15?,16-,21-,22?,23?,25-,26+,27-/m1/s1. The Labute approximate surface area is 217 Å². The van der Waals surface area contributed by atoms with E-state index in [9.17, 15) is 14.4 Å². The molecule has 1 saturated carbocycles. The average Bonchev–Trinajstić information content (AvgIpc) is 3.52. The molecule has 0 N–H and O–H groups in total. The summed E-state index contributed by atoms with van der Waals surface area (Å²) in [5.41, 5.74) is 0.789. The van der Waals surface area contributed by atoms with Crippen molar-refractivity contribution in [3.63, 3.8) is 0 Å². The minimum absolute atomic E-state index is 0.0637. The van der Waals surface area contributed by atoms with Gasteiger partial charge >= 0.3 is 11.9 Å². The van der Waals surface area contributed by atoms with Crippen LogP contribution >= 0.6 is 22.6 Å². The van der Waals surface area contributed by atoms with Gasteiger partial charge in [0.15, 0.2) is 9.55 Å². The molecule has 35 heavy (non-hydrogen) atoms. The van der Waals surface area contributed by atoms with Gasteiger partial charge in [-0.2, -0.15) is 0 Å². The Bertz CT molecular complexity index is 1230. The highest BCUT2D eigenvalue weighted by atomic mass is 127. The highest BCUT2D eigenvalue weighted by molar-refractivity contribution is 14.1. The number of halogens is 1. The lowest BCUT2D eigenvalue weighted by molar-refractivity contribution is -0.190. The predicted molar refractivity (Wildman–Crippen MR) is 132 cm³/mol. The molecule has 1 aromatic rings. The fourth-order valence-corrected chi connectivity index (χ4v) is 8.93. The number of ketones is 1. The summed E-state index contributed by atoms with van der Waals surface area (Å²) in [4.78, 5) is 39.7. The molecule has 0 aromatic carbocycles. The SMILES string of the molecule is COC(=O)C[C@@H]1[C@@]2(C)C(=O)C=C[C@@]3(C)C(=O)O[C@H](C32)C2OC3CC(c4coc(I)c4)C(C)=C3[C@]21C. The van der Waals surface area contributed by atoms with Crippen molar-refractivity contribution < 1.29 is 33.0 Å². The Morgan fingerprint density at radius 2 is 1.97 bits per heavy atom. The van der Waals surface area contributed by atoms with Gasteiger partial charge in [0.2, 0.25) is 0 Å². The minimum atomic E-state index is -0.992. The van der Waals surface area contributed by atoms with Crippen molar-refractivity contribution in [3.05, 3.63) is 45.0 Å². The summed E-state index contributed by atoms with van der Waals surface area (Å²) < 4.78 is 24.3. The molecule has 8 heteroatoms. The maximum absolute atomic E-state index is 13.7. The molecule has 4 unspecified atom stereocenters. The highest BCUT2D eigenvalue weighted by Gasteiger charge is 2.77. The first-order valence-electron chi connectivity index (χ1n) is 12.1. The molecule has 3 aliphatic carbocycles. The number of methoxy groups -OCH3 is 1.